The van der Waals surface area contributed by atoms with Gasteiger partial charge in [-0.2, -0.15) is 0 Å². The van der Waals surface area contributed by atoms with Crippen molar-refractivity contribution in [3.05, 3.63) is 35.4 Å². The van der Waals surface area contributed by atoms with Crippen molar-refractivity contribution >= 4 is 5.97 Å². The molecule has 0 aliphatic heterocycles. The van der Waals surface area contributed by atoms with Crippen LogP contribution in [-0.4, -0.2) is 12.1 Å². The molecule has 4 heteroatoms. The number of ether oxygens (including phenoxy) is 1. The summed E-state index contributed by atoms with van der Waals surface area (Å²) in [6.45, 7) is 2.01. The summed E-state index contributed by atoms with van der Waals surface area (Å²) in [5.41, 5.74) is -0.326. The summed E-state index contributed by atoms with van der Waals surface area (Å²) in [6.07, 6.45) is 3.75. The van der Waals surface area contributed by atoms with Gasteiger partial charge in [-0.3, -0.25) is 0 Å². The highest BCUT2D eigenvalue weighted by Crippen LogP contribution is 2.27. The van der Waals surface area contributed by atoms with Crippen molar-refractivity contribution in [1.29, 1.82) is 0 Å². The molecule has 0 N–H and O–H groups in total. The Balaban J connectivity index is 2.09. The Morgan fingerprint density at radius 1 is 1.28 bits per heavy atom. The Morgan fingerprint density at radius 2 is 2.00 bits per heavy atom. The summed E-state index contributed by atoms with van der Waals surface area (Å²) in [6, 6.07) is 3.53. The van der Waals surface area contributed by atoms with E-state index >= 15 is 0 Å². The molecule has 1 aromatic carbocycles. The second-order valence-electron chi connectivity index (χ2n) is 4.81. The first-order valence-electron chi connectivity index (χ1n) is 6.24. The molecule has 2 rings (SSSR count). The molecule has 98 valence electrons. The van der Waals surface area contributed by atoms with Crippen LogP contribution < -0.4 is 0 Å². The molecule has 0 amide bonds. The van der Waals surface area contributed by atoms with Crippen LogP contribution in [0.2, 0.25) is 0 Å². The molecular formula is C14H16F2O2. The number of esters is 1. The third-order valence-corrected chi connectivity index (χ3v) is 3.46. The van der Waals surface area contributed by atoms with Crippen molar-refractivity contribution in [1.82, 2.24) is 0 Å². The average molecular weight is 254 g/mol. The minimum absolute atomic E-state index is 0.186. The van der Waals surface area contributed by atoms with Crippen LogP contribution in [-0.2, 0) is 4.74 Å². The molecular weight excluding hydrogens is 238 g/mol. The Labute approximate surface area is 105 Å². The molecule has 1 fully saturated rings. The van der Waals surface area contributed by atoms with E-state index in [1.165, 1.54) is 12.1 Å². The normalized spacial score (nSPS) is 23.7. The summed E-state index contributed by atoms with van der Waals surface area (Å²) >= 11 is 0. The SMILES string of the molecule is CC1CCCCC1OC(=O)c1cccc(F)c1F. The maximum absolute atomic E-state index is 13.4. The van der Waals surface area contributed by atoms with E-state index in [0.717, 1.165) is 31.7 Å². The highest BCUT2D eigenvalue weighted by Gasteiger charge is 2.26. The van der Waals surface area contributed by atoms with Gasteiger partial charge in [0.2, 0.25) is 0 Å². The van der Waals surface area contributed by atoms with Gasteiger partial charge in [-0.15, -0.1) is 0 Å². The zero-order chi connectivity index (χ0) is 13.1. The third-order valence-electron chi connectivity index (χ3n) is 3.46. The lowest BCUT2D eigenvalue weighted by atomic mass is 9.88. The van der Waals surface area contributed by atoms with Gasteiger partial charge in [0.15, 0.2) is 11.6 Å². The zero-order valence-corrected chi connectivity index (χ0v) is 10.3. The number of halogens is 2. The number of benzene rings is 1. The monoisotopic (exact) mass is 254 g/mol. The Kier molecular flexibility index (Phi) is 3.94. The van der Waals surface area contributed by atoms with E-state index in [1.807, 2.05) is 6.92 Å². The van der Waals surface area contributed by atoms with E-state index in [9.17, 15) is 13.6 Å². The predicted octanol–water partition coefficient (Wildman–Crippen LogP) is 3.70. The lowest BCUT2D eigenvalue weighted by molar-refractivity contribution is 0.00427. The fraction of sp³-hybridized carbons (Fsp3) is 0.500. The van der Waals surface area contributed by atoms with Crippen LogP contribution in [0.1, 0.15) is 43.0 Å². The molecule has 2 unspecified atom stereocenters. The lowest BCUT2D eigenvalue weighted by Gasteiger charge is -2.28. The van der Waals surface area contributed by atoms with Crippen LogP contribution in [0.15, 0.2) is 18.2 Å². The predicted molar refractivity (Wildman–Crippen MR) is 63.2 cm³/mol. The van der Waals surface area contributed by atoms with E-state index in [1.54, 1.807) is 0 Å². The van der Waals surface area contributed by atoms with Crippen molar-refractivity contribution in [2.45, 2.75) is 38.7 Å². The van der Waals surface area contributed by atoms with Crippen LogP contribution in [0, 0.1) is 17.6 Å². The Bertz CT molecular complexity index is 445. The number of rotatable bonds is 2. The van der Waals surface area contributed by atoms with E-state index in [-0.39, 0.29) is 17.6 Å². The van der Waals surface area contributed by atoms with Gasteiger partial charge in [-0.1, -0.05) is 19.4 Å². The number of carbonyl (C=O) groups excluding carboxylic acids is 1. The van der Waals surface area contributed by atoms with Crippen molar-refractivity contribution in [3.63, 3.8) is 0 Å². The molecule has 1 aromatic rings. The molecule has 18 heavy (non-hydrogen) atoms. The van der Waals surface area contributed by atoms with E-state index in [4.69, 9.17) is 4.74 Å². The maximum Gasteiger partial charge on any atom is 0.341 e. The second kappa shape index (κ2) is 5.46. The molecule has 2 atom stereocenters. The summed E-state index contributed by atoms with van der Waals surface area (Å²) in [7, 11) is 0. The quantitative estimate of drug-likeness (QED) is 0.752. The van der Waals surface area contributed by atoms with Crippen molar-refractivity contribution in [2.24, 2.45) is 5.92 Å². The summed E-state index contributed by atoms with van der Waals surface area (Å²) in [4.78, 5) is 11.8. The van der Waals surface area contributed by atoms with Gasteiger partial charge in [0.05, 0.1) is 5.56 Å². The van der Waals surface area contributed by atoms with Gasteiger partial charge < -0.3 is 4.74 Å². The smallest absolute Gasteiger partial charge is 0.341 e. The Hall–Kier alpha value is -1.45. The van der Waals surface area contributed by atoms with Crippen LogP contribution >= 0.6 is 0 Å². The van der Waals surface area contributed by atoms with Gasteiger partial charge >= 0.3 is 5.97 Å². The van der Waals surface area contributed by atoms with E-state index in [2.05, 4.69) is 0 Å². The lowest BCUT2D eigenvalue weighted by Crippen LogP contribution is -2.28. The highest BCUT2D eigenvalue weighted by molar-refractivity contribution is 5.89. The number of hydrogen-bond acceptors (Lipinski definition) is 2. The summed E-state index contributed by atoms with van der Waals surface area (Å²) in [5, 5.41) is 0. The van der Waals surface area contributed by atoms with Crippen LogP contribution in [0.4, 0.5) is 8.78 Å². The molecule has 1 saturated carbocycles. The minimum Gasteiger partial charge on any atom is -0.458 e. The fourth-order valence-electron chi connectivity index (χ4n) is 2.32. The fourth-order valence-corrected chi connectivity index (χ4v) is 2.32. The minimum atomic E-state index is -1.13. The summed E-state index contributed by atoms with van der Waals surface area (Å²) < 4.78 is 31.7. The van der Waals surface area contributed by atoms with Gasteiger partial charge in [-0.25, -0.2) is 13.6 Å². The van der Waals surface area contributed by atoms with E-state index in [0.29, 0.717) is 0 Å². The molecule has 0 radical (unpaired) electrons. The molecule has 1 aliphatic carbocycles. The third kappa shape index (κ3) is 2.68. The first-order valence-corrected chi connectivity index (χ1v) is 6.24. The second-order valence-corrected chi connectivity index (χ2v) is 4.81. The molecule has 0 heterocycles. The van der Waals surface area contributed by atoms with Crippen LogP contribution in [0.3, 0.4) is 0 Å². The van der Waals surface area contributed by atoms with Gasteiger partial charge in [0.1, 0.15) is 6.10 Å². The van der Waals surface area contributed by atoms with Crippen LogP contribution in [0.5, 0.6) is 0 Å². The standard InChI is InChI=1S/C14H16F2O2/c1-9-5-2-3-8-12(9)18-14(17)10-6-4-7-11(15)13(10)16/h4,6-7,9,12H,2-3,5,8H2,1H3. The van der Waals surface area contributed by atoms with Gasteiger partial charge in [0.25, 0.3) is 0 Å². The average Bonchev–Trinajstić information content (AvgIpc) is 2.35. The molecule has 1 aliphatic rings. The van der Waals surface area contributed by atoms with Crippen molar-refractivity contribution in [3.8, 4) is 0 Å². The van der Waals surface area contributed by atoms with Crippen molar-refractivity contribution in [2.75, 3.05) is 0 Å². The van der Waals surface area contributed by atoms with Gasteiger partial charge in [0, 0.05) is 0 Å². The molecule has 2 nitrogen and oxygen atoms in total. The highest BCUT2D eigenvalue weighted by atomic mass is 19.2. The zero-order valence-electron chi connectivity index (χ0n) is 10.3. The van der Waals surface area contributed by atoms with E-state index < -0.39 is 17.6 Å². The number of hydrogen-bond donors (Lipinski definition) is 0. The largest absolute Gasteiger partial charge is 0.458 e. The first-order chi connectivity index (χ1) is 8.59. The molecule has 0 spiro atoms. The Morgan fingerprint density at radius 3 is 2.72 bits per heavy atom. The topological polar surface area (TPSA) is 26.3 Å². The molecule has 0 saturated heterocycles. The van der Waals surface area contributed by atoms with Crippen molar-refractivity contribution < 1.29 is 18.3 Å². The maximum atomic E-state index is 13.4. The van der Waals surface area contributed by atoms with Gasteiger partial charge in [-0.05, 0) is 37.3 Å². The summed E-state index contributed by atoms with van der Waals surface area (Å²) in [5.74, 6) is -2.66. The molecule has 0 bridgehead atoms. The number of carbonyl (C=O) groups is 1. The first kappa shape index (κ1) is 13.0. The molecule has 0 aromatic heterocycles. The van der Waals surface area contributed by atoms with Crippen LogP contribution in [0.25, 0.3) is 0 Å².